The molecule has 2 aromatic rings. The molecule has 6 heteroatoms. The second kappa shape index (κ2) is 5.62. The van der Waals surface area contributed by atoms with Crippen molar-refractivity contribution in [2.24, 2.45) is 0 Å². The van der Waals surface area contributed by atoms with Crippen LogP contribution in [-0.2, 0) is 4.79 Å². The molecule has 1 heterocycles. The van der Waals surface area contributed by atoms with Crippen LogP contribution in [0.2, 0.25) is 0 Å². The van der Waals surface area contributed by atoms with Gasteiger partial charge in [0.25, 0.3) is 5.91 Å². The molecule has 1 aromatic heterocycles. The average molecular weight is 275 g/mol. The summed E-state index contributed by atoms with van der Waals surface area (Å²) < 4.78 is 0. The minimum atomic E-state index is -0.260. The molecule has 0 saturated carbocycles. The van der Waals surface area contributed by atoms with Crippen molar-refractivity contribution in [2.45, 2.75) is 13.8 Å². The number of thiazole rings is 1. The van der Waals surface area contributed by atoms with Crippen LogP contribution in [0.3, 0.4) is 0 Å². The van der Waals surface area contributed by atoms with E-state index in [1.165, 1.54) is 18.3 Å². The van der Waals surface area contributed by atoms with Crippen molar-refractivity contribution in [1.82, 2.24) is 4.98 Å². The van der Waals surface area contributed by atoms with Gasteiger partial charge in [-0.3, -0.25) is 9.59 Å². The monoisotopic (exact) mass is 275 g/mol. The number of hydrogen-bond donors (Lipinski definition) is 2. The lowest BCUT2D eigenvalue weighted by molar-refractivity contribution is -0.114. The lowest BCUT2D eigenvalue weighted by Gasteiger charge is -2.06. The summed E-state index contributed by atoms with van der Waals surface area (Å²) in [5.41, 5.74) is 1.65. The number of carbonyl (C=O) groups is 2. The van der Waals surface area contributed by atoms with E-state index in [1.54, 1.807) is 29.6 Å². The average Bonchev–Trinajstić information content (AvgIpc) is 2.75. The van der Waals surface area contributed by atoms with Gasteiger partial charge >= 0.3 is 0 Å². The van der Waals surface area contributed by atoms with Crippen molar-refractivity contribution in [3.05, 3.63) is 40.3 Å². The van der Waals surface area contributed by atoms with E-state index in [0.29, 0.717) is 17.1 Å². The number of nitrogens with one attached hydrogen (secondary N) is 2. The van der Waals surface area contributed by atoms with Crippen LogP contribution in [0.5, 0.6) is 0 Å². The number of hydrogen-bond acceptors (Lipinski definition) is 4. The molecule has 0 bridgehead atoms. The van der Waals surface area contributed by atoms with Gasteiger partial charge in [0.05, 0.1) is 5.01 Å². The van der Waals surface area contributed by atoms with E-state index < -0.39 is 0 Å². The minimum Gasteiger partial charge on any atom is -0.326 e. The Labute approximate surface area is 114 Å². The third-order valence-corrected chi connectivity index (χ3v) is 3.07. The van der Waals surface area contributed by atoms with Crippen molar-refractivity contribution < 1.29 is 9.59 Å². The highest BCUT2D eigenvalue weighted by Gasteiger charge is 2.09. The molecule has 0 atom stereocenters. The molecule has 0 aliphatic heterocycles. The smallest absolute Gasteiger partial charge is 0.275 e. The van der Waals surface area contributed by atoms with Gasteiger partial charge in [-0.1, -0.05) is 6.07 Å². The number of anilines is 2. The minimum absolute atomic E-state index is 0.154. The molecule has 5 nitrogen and oxygen atoms in total. The zero-order valence-electron chi connectivity index (χ0n) is 10.6. The van der Waals surface area contributed by atoms with Crippen LogP contribution in [0.15, 0.2) is 29.6 Å². The van der Waals surface area contributed by atoms with E-state index in [1.807, 2.05) is 6.92 Å². The van der Waals surface area contributed by atoms with Gasteiger partial charge in [-0.15, -0.1) is 11.3 Å². The van der Waals surface area contributed by atoms with Crippen LogP contribution in [0, 0.1) is 6.92 Å². The van der Waals surface area contributed by atoms with E-state index in [2.05, 4.69) is 15.6 Å². The largest absolute Gasteiger partial charge is 0.326 e. The number of aromatic nitrogens is 1. The van der Waals surface area contributed by atoms with Gasteiger partial charge in [-0.25, -0.2) is 4.98 Å². The van der Waals surface area contributed by atoms with Gasteiger partial charge in [-0.05, 0) is 25.1 Å². The Balaban J connectivity index is 2.10. The van der Waals surface area contributed by atoms with Gasteiger partial charge in [0, 0.05) is 23.7 Å². The summed E-state index contributed by atoms with van der Waals surface area (Å²) in [6.45, 7) is 3.28. The topological polar surface area (TPSA) is 71.1 Å². The number of amides is 2. The number of benzene rings is 1. The fraction of sp³-hybridized carbons (Fsp3) is 0.154. The first kappa shape index (κ1) is 13.2. The highest BCUT2D eigenvalue weighted by atomic mass is 32.1. The number of carbonyl (C=O) groups excluding carboxylic acids is 2. The Morgan fingerprint density at radius 1 is 1.21 bits per heavy atom. The Morgan fingerprint density at radius 2 is 1.89 bits per heavy atom. The molecule has 0 unspecified atom stereocenters. The fourth-order valence-electron chi connectivity index (χ4n) is 1.54. The Hall–Kier alpha value is -2.21. The third-order valence-electron chi connectivity index (χ3n) is 2.29. The highest BCUT2D eigenvalue weighted by Crippen LogP contribution is 2.16. The Bertz CT molecular complexity index is 622. The predicted molar refractivity (Wildman–Crippen MR) is 75.5 cm³/mol. The zero-order valence-corrected chi connectivity index (χ0v) is 11.4. The molecule has 1 aromatic carbocycles. The maximum absolute atomic E-state index is 11.9. The summed E-state index contributed by atoms with van der Waals surface area (Å²) in [5.74, 6) is -0.414. The standard InChI is InChI=1S/C13H13N3O2S/c1-8(17)14-10-4-3-5-11(6-10)16-13(18)12-7-19-9(2)15-12/h3-7H,1-2H3,(H,14,17)(H,16,18). The molecule has 2 rings (SSSR count). The van der Waals surface area contributed by atoms with Gasteiger partial charge in [0.15, 0.2) is 0 Å². The zero-order chi connectivity index (χ0) is 13.8. The summed E-state index contributed by atoms with van der Waals surface area (Å²) in [5, 5.41) is 7.95. The normalized spacial score (nSPS) is 10.0. The summed E-state index contributed by atoms with van der Waals surface area (Å²) in [6.07, 6.45) is 0. The van der Waals surface area contributed by atoms with Crippen LogP contribution in [-0.4, -0.2) is 16.8 Å². The van der Waals surface area contributed by atoms with Gasteiger partial charge in [0.1, 0.15) is 5.69 Å². The van der Waals surface area contributed by atoms with Crippen LogP contribution in [0.1, 0.15) is 22.4 Å². The number of aryl methyl sites for hydroxylation is 1. The Kier molecular flexibility index (Phi) is 3.91. The number of rotatable bonds is 3. The maximum Gasteiger partial charge on any atom is 0.275 e. The summed E-state index contributed by atoms with van der Waals surface area (Å²) >= 11 is 1.43. The predicted octanol–water partition coefficient (Wildman–Crippen LogP) is 2.66. The first-order valence-electron chi connectivity index (χ1n) is 5.66. The molecule has 2 amide bonds. The van der Waals surface area contributed by atoms with Crippen molar-refractivity contribution in [1.29, 1.82) is 0 Å². The SMILES string of the molecule is CC(=O)Nc1cccc(NC(=O)c2csc(C)n2)c1. The van der Waals surface area contributed by atoms with Crippen LogP contribution in [0.4, 0.5) is 11.4 Å². The molecule has 0 spiro atoms. The van der Waals surface area contributed by atoms with Crippen LogP contribution >= 0.6 is 11.3 Å². The number of nitrogens with zero attached hydrogens (tertiary/aromatic N) is 1. The second-order valence-corrected chi connectivity index (χ2v) is 5.03. The van der Waals surface area contributed by atoms with E-state index in [4.69, 9.17) is 0 Å². The molecular weight excluding hydrogens is 262 g/mol. The molecule has 0 aliphatic rings. The summed E-state index contributed by atoms with van der Waals surface area (Å²) in [7, 11) is 0. The highest BCUT2D eigenvalue weighted by molar-refractivity contribution is 7.09. The van der Waals surface area contributed by atoms with Crippen molar-refractivity contribution in [3.8, 4) is 0 Å². The van der Waals surface area contributed by atoms with Crippen LogP contribution in [0.25, 0.3) is 0 Å². The Morgan fingerprint density at radius 3 is 2.47 bits per heavy atom. The molecule has 98 valence electrons. The molecule has 0 saturated heterocycles. The maximum atomic E-state index is 11.9. The van der Waals surface area contributed by atoms with E-state index in [0.717, 1.165) is 5.01 Å². The summed E-state index contributed by atoms with van der Waals surface area (Å²) in [6, 6.07) is 6.96. The lowest BCUT2D eigenvalue weighted by atomic mass is 10.2. The quantitative estimate of drug-likeness (QED) is 0.904. The van der Waals surface area contributed by atoms with Crippen LogP contribution < -0.4 is 10.6 Å². The summed E-state index contributed by atoms with van der Waals surface area (Å²) in [4.78, 5) is 27.0. The molecule has 2 N–H and O–H groups in total. The third kappa shape index (κ3) is 3.62. The molecule has 19 heavy (non-hydrogen) atoms. The van der Waals surface area contributed by atoms with Gasteiger partial charge in [0.2, 0.25) is 5.91 Å². The molecule has 0 radical (unpaired) electrons. The second-order valence-electron chi connectivity index (χ2n) is 3.97. The van der Waals surface area contributed by atoms with Crippen molar-refractivity contribution in [2.75, 3.05) is 10.6 Å². The van der Waals surface area contributed by atoms with E-state index in [9.17, 15) is 9.59 Å². The molecular formula is C13H13N3O2S. The lowest BCUT2D eigenvalue weighted by Crippen LogP contribution is -2.13. The van der Waals surface area contributed by atoms with Crippen molar-refractivity contribution in [3.63, 3.8) is 0 Å². The molecule has 0 fully saturated rings. The van der Waals surface area contributed by atoms with Crippen molar-refractivity contribution >= 4 is 34.5 Å². The first-order valence-corrected chi connectivity index (χ1v) is 6.53. The molecule has 0 aliphatic carbocycles. The first-order chi connectivity index (χ1) is 9.04. The van der Waals surface area contributed by atoms with E-state index >= 15 is 0 Å². The van der Waals surface area contributed by atoms with E-state index in [-0.39, 0.29) is 11.8 Å². The fourth-order valence-corrected chi connectivity index (χ4v) is 2.13. The van der Waals surface area contributed by atoms with Gasteiger partial charge in [-0.2, -0.15) is 0 Å². The van der Waals surface area contributed by atoms with Gasteiger partial charge < -0.3 is 10.6 Å².